The molecular weight excluding hydrogens is 228 g/mol. The molecule has 2 rings (SSSR count). The van der Waals surface area contributed by atoms with Gasteiger partial charge in [-0.1, -0.05) is 18.2 Å². The highest BCUT2D eigenvalue weighted by Gasteiger charge is 2.17. The van der Waals surface area contributed by atoms with E-state index in [9.17, 15) is 4.79 Å². The maximum Gasteiger partial charge on any atom is 0.350 e. The molecule has 0 amide bonds. The van der Waals surface area contributed by atoms with E-state index < -0.39 is 5.97 Å². The number of benzene rings is 1. The second-order valence-electron chi connectivity index (χ2n) is 4.07. The van der Waals surface area contributed by atoms with Crippen LogP contribution in [-0.4, -0.2) is 19.6 Å². The number of esters is 1. The number of aryl methyl sites for hydroxylation is 1. The van der Waals surface area contributed by atoms with E-state index in [2.05, 4.69) is 10.8 Å². The molecule has 1 aromatic rings. The van der Waals surface area contributed by atoms with Crippen LogP contribution in [0.4, 0.5) is 5.69 Å². The largest absolute Gasteiger partial charge is 0.465 e. The molecule has 1 heterocycles. The van der Waals surface area contributed by atoms with Gasteiger partial charge in [-0.05, 0) is 24.5 Å². The fourth-order valence-electron chi connectivity index (χ4n) is 2.09. The van der Waals surface area contributed by atoms with Crippen molar-refractivity contribution in [2.24, 2.45) is 0 Å². The molecule has 92 valence electrons. The standard InChI is InChI=1S/C14H14N2O2/c1-18-14(17)12(9-15)10-16-8-4-6-11-5-2-3-7-13(11)16/h2-3,5,7,10H,4,6,8H2,1H3/b12-10+. The third kappa shape index (κ3) is 2.35. The predicted molar refractivity (Wildman–Crippen MR) is 67.8 cm³/mol. The molecule has 0 atom stereocenters. The lowest BCUT2D eigenvalue weighted by atomic mass is 10.0. The van der Waals surface area contributed by atoms with Crippen molar-refractivity contribution in [3.63, 3.8) is 0 Å². The van der Waals surface area contributed by atoms with Crippen LogP contribution in [0.15, 0.2) is 36.0 Å². The quantitative estimate of drug-likeness (QED) is 0.452. The highest BCUT2D eigenvalue weighted by atomic mass is 16.5. The number of hydrogen-bond donors (Lipinski definition) is 0. The van der Waals surface area contributed by atoms with E-state index in [4.69, 9.17) is 5.26 Å². The van der Waals surface area contributed by atoms with Crippen molar-refractivity contribution in [2.45, 2.75) is 12.8 Å². The fraction of sp³-hybridized carbons (Fsp3) is 0.286. The van der Waals surface area contributed by atoms with E-state index in [-0.39, 0.29) is 5.57 Å². The second kappa shape index (κ2) is 5.37. The Morgan fingerprint density at radius 1 is 1.50 bits per heavy atom. The molecule has 0 N–H and O–H groups in total. The fourth-order valence-corrected chi connectivity index (χ4v) is 2.09. The zero-order chi connectivity index (χ0) is 13.0. The summed E-state index contributed by atoms with van der Waals surface area (Å²) in [6.07, 6.45) is 3.61. The van der Waals surface area contributed by atoms with Crippen LogP contribution in [0.25, 0.3) is 0 Å². The van der Waals surface area contributed by atoms with Gasteiger partial charge in [-0.15, -0.1) is 0 Å². The monoisotopic (exact) mass is 242 g/mol. The average Bonchev–Trinajstić information content (AvgIpc) is 2.44. The van der Waals surface area contributed by atoms with Crippen molar-refractivity contribution in [3.8, 4) is 6.07 Å². The van der Waals surface area contributed by atoms with Gasteiger partial charge in [-0.3, -0.25) is 0 Å². The van der Waals surface area contributed by atoms with Gasteiger partial charge < -0.3 is 9.64 Å². The number of ether oxygens (including phenoxy) is 1. The summed E-state index contributed by atoms with van der Waals surface area (Å²) in [5.74, 6) is -0.597. The normalized spacial score (nSPS) is 14.7. The van der Waals surface area contributed by atoms with Crippen LogP contribution in [0.2, 0.25) is 0 Å². The van der Waals surface area contributed by atoms with Crippen molar-refractivity contribution < 1.29 is 9.53 Å². The van der Waals surface area contributed by atoms with Gasteiger partial charge in [-0.25, -0.2) is 4.79 Å². The van der Waals surface area contributed by atoms with Crippen molar-refractivity contribution >= 4 is 11.7 Å². The van der Waals surface area contributed by atoms with Gasteiger partial charge >= 0.3 is 5.97 Å². The summed E-state index contributed by atoms with van der Waals surface area (Å²) < 4.78 is 4.58. The van der Waals surface area contributed by atoms with E-state index in [1.165, 1.54) is 12.7 Å². The Kier molecular flexibility index (Phi) is 3.63. The first-order valence-electron chi connectivity index (χ1n) is 5.81. The van der Waals surface area contributed by atoms with Crippen LogP contribution in [0, 0.1) is 11.3 Å². The molecule has 0 unspecified atom stereocenters. The first kappa shape index (κ1) is 12.2. The summed E-state index contributed by atoms with van der Waals surface area (Å²) in [5.41, 5.74) is 2.32. The van der Waals surface area contributed by atoms with E-state index in [1.807, 2.05) is 29.2 Å². The summed E-state index contributed by atoms with van der Waals surface area (Å²) in [5, 5.41) is 8.96. The van der Waals surface area contributed by atoms with Gasteiger partial charge in [0.2, 0.25) is 0 Å². The number of para-hydroxylation sites is 1. The Hall–Kier alpha value is -2.28. The number of methoxy groups -OCH3 is 1. The number of hydrogen-bond acceptors (Lipinski definition) is 4. The van der Waals surface area contributed by atoms with Crippen LogP contribution < -0.4 is 4.90 Å². The molecule has 18 heavy (non-hydrogen) atoms. The summed E-state index contributed by atoms with van der Waals surface area (Å²) >= 11 is 0. The number of nitriles is 1. The lowest BCUT2D eigenvalue weighted by Crippen LogP contribution is -2.25. The minimum Gasteiger partial charge on any atom is -0.465 e. The lowest BCUT2D eigenvalue weighted by molar-refractivity contribution is -0.135. The molecule has 1 aliphatic rings. The Labute approximate surface area is 106 Å². The van der Waals surface area contributed by atoms with Crippen LogP contribution in [-0.2, 0) is 16.0 Å². The van der Waals surface area contributed by atoms with Gasteiger partial charge in [0.15, 0.2) is 5.57 Å². The van der Waals surface area contributed by atoms with Crippen molar-refractivity contribution in [1.29, 1.82) is 5.26 Å². The van der Waals surface area contributed by atoms with Gasteiger partial charge in [0.05, 0.1) is 7.11 Å². The molecule has 4 nitrogen and oxygen atoms in total. The Morgan fingerprint density at radius 3 is 3.00 bits per heavy atom. The molecule has 0 fully saturated rings. The summed E-state index contributed by atoms with van der Waals surface area (Å²) in [6, 6.07) is 9.89. The molecule has 0 aliphatic carbocycles. The zero-order valence-electron chi connectivity index (χ0n) is 10.2. The van der Waals surface area contributed by atoms with E-state index in [0.717, 1.165) is 25.1 Å². The lowest BCUT2D eigenvalue weighted by Gasteiger charge is -2.28. The smallest absolute Gasteiger partial charge is 0.350 e. The van der Waals surface area contributed by atoms with Crippen molar-refractivity contribution in [3.05, 3.63) is 41.6 Å². The van der Waals surface area contributed by atoms with Crippen LogP contribution in [0.1, 0.15) is 12.0 Å². The van der Waals surface area contributed by atoms with Gasteiger partial charge in [0.1, 0.15) is 6.07 Å². The Morgan fingerprint density at radius 2 is 2.28 bits per heavy atom. The third-order valence-corrected chi connectivity index (χ3v) is 2.96. The third-order valence-electron chi connectivity index (χ3n) is 2.96. The molecule has 0 aromatic heterocycles. The van der Waals surface area contributed by atoms with Gasteiger partial charge in [0, 0.05) is 18.4 Å². The molecule has 0 saturated carbocycles. The average molecular weight is 242 g/mol. The molecule has 1 aliphatic heterocycles. The summed E-state index contributed by atoms with van der Waals surface area (Å²) in [6.45, 7) is 0.805. The zero-order valence-corrected chi connectivity index (χ0v) is 10.2. The minimum absolute atomic E-state index is 0.0224. The molecule has 1 aromatic carbocycles. The molecule has 0 saturated heterocycles. The van der Waals surface area contributed by atoms with Gasteiger partial charge in [-0.2, -0.15) is 5.26 Å². The van der Waals surface area contributed by atoms with Crippen LogP contribution in [0.3, 0.4) is 0 Å². The van der Waals surface area contributed by atoms with E-state index in [0.29, 0.717) is 0 Å². The molecule has 0 spiro atoms. The topological polar surface area (TPSA) is 53.3 Å². The second-order valence-corrected chi connectivity index (χ2v) is 4.07. The molecule has 0 radical (unpaired) electrons. The van der Waals surface area contributed by atoms with Crippen molar-refractivity contribution in [2.75, 3.05) is 18.6 Å². The summed E-state index contributed by atoms with van der Waals surface area (Å²) in [7, 11) is 1.28. The predicted octanol–water partition coefficient (Wildman–Crippen LogP) is 2.02. The first-order chi connectivity index (χ1) is 8.76. The number of carbonyl (C=O) groups is 1. The number of fused-ring (bicyclic) bond motifs is 1. The van der Waals surface area contributed by atoms with E-state index >= 15 is 0 Å². The highest BCUT2D eigenvalue weighted by Crippen LogP contribution is 2.27. The maximum atomic E-state index is 11.4. The molecule has 4 heteroatoms. The highest BCUT2D eigenvalue weighted by molar-refractivity contribution is 5.93. The van der Waals surface area contributed by atoms with Crippen molar-refractivity contribution in [1.82, 2.24) is 0 Å². The maximum absolute atomic E-state index is 11.4. The van der Waals surface area contributed by atoms with Crippen LogP contribution >= 0.6 is 0 Å². The number of nitrogens with zero attached hydrogens (tertiary/aromatic N) is 2. The minimum atomic E-state index is -0.597. The molecule has 0 bridgehead atoms. The van der Waals surface area contributed by atoms with Gasteiger partial charge in [0.25, 0.3) is 0 Å². The number of rotatable bonds is 2. The molecular formula is C14H14N2O2. The number of anilines is 1. The Bertz CT molecular complexity index is 529. The van der Waals surface area contributed by atoms with Crippen LogP contribution in [0.5, 0.6) is 0 Å². The first-order valence-corrected chi connectivity index (χ1v) is 5.81. The SMILES string of the molecule is COC(=O)/C(C#N)=C/N1CCCc2ccccc21. The van der Waals surface area contributed by atoms with E-state index in [1.54, 1.807) is 6.20 Å². The number of carbonyl (C=O) groups excluding carboxylic acids is 1. The summed E-state index contributed by atoms with van der Waals surface area (Å²) in [4.78, 5) is 13.3. The Balaban J connectivity index is 2.34.